The Bertz CT molecular complexity index is 2170. The van der Waals surface area contributed by atoms with E-state index in [4.69, 9.17) is 14.8 Å². The number of hydrogen-bond acceptors (Lipinski definition) is 3. The molecule has 3 aromatic heterocycles. The molecule has 0 amide bonds. The number of aryl methyl sites for hydroxylation is 2. The number of nitrogens with zero attached hydrogens (tertiary/aromatic N) is 4. The van der Waals surface area contributed by atoms with Crippen molar-refractivity contribution in [2.75, 3.05) is 0 Å². The zero-order valence-corrected chi connectivity index (χ0v) is 32.7. The first kappa shape index (κ1) is 35.9. The van der Waals surface area contributed by atoms with Gasteiger partial charge in [0.25, 0.3) is 0 Å². The molecule has 0 spiro atoms. The molecule has 6 aromatic rings. The van der Waals surface area contributed by atoms with Crippen LogP contribution >= 0.6 is 0 Å². The molecule has 1 unspecified atom stereocenters. The molecule has 5 nitrogen and oxygen atoms in total. The van der Waals surface area contributed by atoms with Gasteiger partial charge in [-0.3, -0.25) is 4.68 Å². The average molecular weight is 844 g/mol. The summed E-state index contributed by atoms with van der Waals surface area (Å²) >= 11 is 0. The number of rotatable bonds is 10. The number of hydrogen-bond donors (Lipinski definition) is 0. The van der Waals surface area contributed by atoms with Crippen LogP contribution in [0.1, 0.15) is 107 Å². The number of fused-ring (bicyclic) bond motifs is 3. The largest absolute Gasteiger partial charge is 2.00 e. The molecule has 0 bridgehead atoms. The van der Waals surface area contributed by atoms with Crippen LogP contribution in [-0.4, -0.2) is 19.3 Å². The molecular formula is C44H48N4OPt. The molecule has 6 heteroatoms. The van der Waals surface area contributed by atoms with Crippen molar-refractivity contribution >= 4 is 21.8 Å². The van der Waals surface area contributed by atoms with Gasteiger partial charge >= 0.3 is 21.1 Å². The van der Waals surface area contributed by atoms with Gasteiger partial charge in [0, 0.05) is 40.4 Å². The van der Waals surface area contributed by atoms with E-state index >= 15 is 0 Å². The van der Waals surface area contributed by atoms with Crippen LogP contribution in [0.25, 0.3) is 33.3 Å². The number of para-hydroxylation sites is 1. The van der Waals surface area contributed by atoms with Gasteiger partial charge in [0.2, 0.25) is 0 Å². The van der Waals surface area contributed by atoms with E-state index < -0.39 is 0 Å². The monoisotopic (exact) mass is 843 g/mol. The van der Waals surface area contributed by atoms with Crippen molar-refractivity contribution in [3.05, 3.63) is 119 Å². The van der Waals surface area contributed by atoms with Gasteiger partial charge in [0.1, 0.15) is 5.82 Å². The molecule has 1 aliphatic rings. The number of allylic oxidation sites excluding steroid dienone is 2. The predicted octanol–water partition coefficient (Wildman–Crippen LogP) is 11.6. The summed E-state index contributed by atoms with van der Waals surface area (Å²) in [5.74, 6) is 3.49. The molecule has 50 heavy (non-hydrogen) atoms. The maximum absolute atomic E-state index is 6.69. The van der Waals surface area contributed by atoms with E-state index in [1.54, 1.807) is 0 Å². The first-order valence-electron chi connectivity index (χ1n) is 18.2. The van der Waals surface area contributed by atoms with Crippen molar-refractivity contribution in [1.82, 2.24) is 19.3 Å². The minimum absolute atomic E-state index is 0. The van der Waals surface area contributed by atoms with Gasteiger partial charge in [-0.1, -0.05) is 76.4 Å². The Morgan fingerprint density at radius 2 is 1.78 bits per heavy atom. The quantitative estimate of drug-likeness (QED) is 0.102. The number of benzene rings is 3. The third kappa shape index (κ3) is 6.74. The van der Waals surface area contributed by atoms with Crippen LogP contribution in [0.5, 0.6) is 11.5 Å². The Morgan fingerprint density at radius 1 is 0.960 bits per heavy atom. The molecule has 3 heterocycles. The SMILES string of the molecule is CCCCc1c(C2C(C)=CCC[C@@H]2C)c(CC)nn1-c1[c-]c(Oc2[c-]c3c(cc2)c2ccccc2n3-c2cc(C)ccn2)cc(C(C)C)c1.[Pt+2]. The van der Waals surface area contributed by atoms with Crippen LogP contribution < -0.4 is 4.74 Å². The van der Waals surface area contributed by atoms with Crippen LogP contribution in [0, 0.1) is 25.0 Å². The van der Waals surface area contributed by atoms with Gasteiger partial charge < -0.3 is 9.30 Å². The van der Waals surface area contributed by atoms with Crippen molar-refractivity contribution in [2.24, 2.45) is 5.92 Å². The molecule has 0 saturated carbocycles. The van der Waals surface area contributed by atoms with Gasteiger partial charge in [0.15, 0.2) is 0 Å². The number of aromatic nitrogens is 4. The Balaban J connectivity index is 0.00000432. The van der Waals surface area contributed by atoms with Crippen LogP contribution in [0.2, 0.25) is 0 Å². The third-order valence-electron chi connectivity index (χ3n) is 10.3. The Hall–Kier alpha value is -3.95. The smallest absolute Gasteiger partial charge is 0.509 e. The van der Waals surface area contributed by atoms with Gasteiger partial charge in [-0.05, 0) is 92.6 Å². The summed E-state index contributed by atoms with van der Waals surface area (Å²) in [6, 6.07) is 28.4. The molecule has 7 rings (SSSR count). The number of unbranched alkanes of at least 4 members (excludes halogenated alkanes) is 1. The summed E-state index contributed by atoms with van der Waals surface area (Å²) in [6.45, 7) is 15.8. The van der Waals surface area contributed by atoms with Crippen molar-refractivity contribution < 1.29 is 25.8 Å². The van der Waals surface area contributed by atoms with E-state index in [9.17, 15) is 0 Å². The molecule has 0 N–H and O–H groups in total. The van der Waals surface area contributed by atoms with E-state index in [0.717, 1.165) is 64.6 Å². The molecule has 260 valence electrons. The summed E-state index contributed by atoms with van der Waals surface area (Å²) < 4.78 is 11.1. The van der Waals surface area contributed by atoms with Gasteiger partial charge in [-0.25, -0.2) is 4.98 Å². The van der Waals surface area contributed by atoms with Gasteiger partial charge in [0.05, 0.1) is 5.69 Å². The summed E-state index contributed by atoms with van der Waals surface area (Å²) in [4.78, 5) is 4.74. The average Bonchev–Trinajstić information content (AvgIpc) is 3.62. The van der Waals surface area contributed by atoms with Crippen LogP contribution in [0.3, 0.4) is 0 Å². The standard InChI is InChI=1S/C44H48N4O.Pt/c1-8-10-17-40-44(43-30(6)14-13-15-31(43)7)38(9-2)46-48(40)33-24-32(28(3)4)25-35(26-33)49-34-19-20-37-36-16-11-12-18-39(36)47(41(37)27-34)42-23-29(5)21-22-45-42;/h11-12,14,16,18-25,28,31,43H,8-10,13,15,17H2,1-7H3;/q-2;+2/t31-,43?;/m0./s1. The van der Waals surface area contributed by atoms with Crippen molar-refractivity contribution in [2.45, 2.75) is 98.8 Å². The fraction of sp³-hybridized carbons (Fsp3) is 0.364. The number of ether oxygens (including phenoxy) is 1. The molecule has 1 aliphatic carbocycles. The molecule has 2 atom stereocenters. The molecule has 0 aliphatic heterocycles. The maximum atomic E-state index is 6.69. The normalized spacial score (nSPS) is 16.2. The maximum Gasteiger partial charge on any atom is 2.00 e. The first-order chi connectivity index (χ1) is 23.8. The van der Waals surface area contributed by atoms with Gasteiger partial charge in [-0.2, -0.15) is 11.2 Å². The minimum atomic E-state index is 0. The van der Waals surface area contributed by atoms with Gasteiger partial charge in [-0.15, -0.1) is 41.3 Å². The van der Waals surface area contributed by atoms with E-state index in [0.29, 0.717) is 29.3 Å². The van der Waals surface area contributed by atoms with Crippen molar-refractivity contribution in [3.8, 4) is 23.0 Å². The Labute approximate surface area is 312 Å². The van der Waals surface area contributed by atoms with Crippen LogP contribution in [0.15, 0.2) is 78.5 Å². The fourth-order valence-electron chi connectivity index (χ4n) is 7.73. The number of pyridine rings is 1. The summed E-state index contributed by atoms with van der Waals surface area (Å²) in [5, 5.41) is 7.63. The van der Waals surface area contributed by atoms with Crippen molar-refractivity contribution in [1.29, 1.82) is 0 Å². The second kappa shape index (κ2) is 15.1. The van der Waals surface area contributed by atoms with E-state index in [1.807, 2.05) is 18.3 Å². The molecular weight excluding hydrogens is 796 g/mol. The minimum Gasteiger partial charge on any atom is -0.509 e. The van der Waals surface area contributed by atoms with E-state index in [2.05, 4.69) is 124 Å². The third-order valence-corrected chi connectivity index (χ3v) is 10.3. The fourth-order valence-corrected chi connectivity index (χ4v) is 7.73. The predicted molar refractivity (Wildman–Crippen MR) is 202 cm³/mol. The molecule has 0 saturated heterocycles. The Morgan fingerprint density at radius 3 is 2.52 bits per heavy atom. The Kier molecular flexibility index (Phi) is 10.8. The second-order valence-corrected chi connectivity index (χ2v) is 14.2. The zero-order valence-electron chi connectivity index (χ0n) is 30.4. The van der Waals surface area contributed by atoms with Crippen LogP contribution in [0.4, 0.5) is 0 Å². The summed E-state index contributed by atoms with van der Waals surface area (Å²) in [5.41, 5.74) is 10.8. The van der Waals surface area contributed by atoms with Crippen LogP contribution in [-0.2, 0) is 33.9 Å². The van der Waals surface area contributed by atoms with E-state index in [-0.39, 0.29) is 21.1 Å². The molecule has 0 radical (unpaired) electrons. The van der Waals surface area contributed by atoms with E-state index in [1.165, 1.54) is 40.9 Å². The molecule has 0 fully saturated rings. The first-order valence-corrected chi connectivity index (χ1v) is 18.2. The van der Waals surface area contributed by atoms with Crippen molar-refractivity contribution in [3.63, 3.8) is 0 Å². The topological polar surface area (TPSA) is 44.9 Å². The second-order valence-electron chi connectivity index (χ2n) is 14.2. The molecule has 3 aromatic carbocycles. The summed E-state index contributed by atoms with van der Waals surface area (Å²) in [6.07, 6.45) is 10.9. The summed E-state index contributed by atoms with van der Waals surface area (Å²) in [7, 11) is 0. The zero-order chi connectivity index (χ0) is 34.2.